The molecule has 0 unspecified atom stereocenters. The summed E-state index contributed by atoms with van der Waals surface area (Å²) in [5, 5.41) is 3.12. The summed E-state index contributed by atoms with van der Waals surface area (Å²) < 4.78 is 0. The predicted molar refractivity (Wildman–Crippen MR) is 96.9 cm³/mol. The lowest BCUT2D eigenvalue weighted by Gasteiger charge is -2.31. The Hall–Kier alpha value is -0.0300. The molecule has 1 amide bonds. The highest BCUT2D eigenvalue weighted by molar-refractivity contribution is 5.85. The molecule has 0 bridgehead atoms. The first-order chi connectivity index (χ1) is 9.72. The van der Waals surface area contributed by atoms with Crippen molar-refractivity contribution in [2.75, 3.05) is 26.7 Å². The maximum atomic E-state index is 12.2. The van der Waals surface area contributed by atoms with E-state index in [1.807, 2.05) is 0 Å². The first-order valence-corrected chi connectivity index (χ1v) is 8.40. The molecule has 0 aromatic carbocycles. The van der Waals surface area contributed by atoms with E-state index >= 15 is 0 Å². The van der Waals surface area contributed by atoms with E-state index < -0.39 is 0 Å². The van der Waals surface area contributed by atoms with Crippen LogP contribution in [0.4, 0.5) is 0 Å². The fraction of sp³-hybridized carbons (Fsp3) is 0.938. The maximum absolute atomic E-state index is 12.2. The summed E-state index contributed by atoms with van der Waals surface area (Å²) >= 11 is 0. The number of halogens is 2. The molecule has 2 aliphatic carbocycles. The van der Waals surface area contributed by atoms with Crippen molar-refractivity contribution in [1.29, 1.82) is 0 Å². The van der Waals surface area contributed by atoms with Gasteiger partial charge in [0, 0.05) is 25.0 Å². The van der Waals surface area contributed by atoms with Crippen LogP contribution in [0, 0.1) is 11.8 Å². The van der Waals surface area contributed by atoms with Gasteiger partial charge in [-0.05, 0) is 45.2 Å². The summed E-state index contributed by atoms with van der Waals surface area (Å²) in [5.41, 5.74) is 5.75. The Morgan fingerprint density at radius 1 is 1.09 bits per heavy atom. The van der Waals surface area contributed by atoms with Gasteiger partial charge in [-0.25, -0.2) is 0 Å². The van der Waals surface area contributed by atoms with Crippen LogP contribution in [0.1, 0.15) is 51.4 Å². The smallest absolute Gasteiger partial charge is 0.223 e. The zero-order valence-corrected chi connectivity index (χ0v) is 15.4. The van der Waals surface area contributed by atoms with Crippen LogP contribution in [0.3, 0.4) is 0 Å². The van der Waals surface area contributed by atoms with Crippen LogP contribution in [0.25, 0.3) is 0 Å². The topological polar surface area (TPSA) is 58.4 Å². The number of carbonyl (C=O) groups is 1. The third-order valence-electron chi connectivity index (χ3n) is 5.26. The number of hydrogen-bond donors (Lipinski definition) is 2. The highest BCUT2D eigenvalue weighted by atomic mass is 35.5. The van der Waals surface area contributed by atoms with Crippen molar-refractivity contribution >= 4 is 30.7 Å². The third kappa shape index (κ3) is 6.23. The molecule has 3 N–H and O–H groups in total. The third-order valence-corrected chi connectivity index (χ3v) is 5.26. The number of likely N-dealkylation sites (N-methyl/N-ethyl adjacent to an activating group) is 1. The zero-order valence-electron chi connectivity index (χ0n) is 13.8. The van der Waals surface area contributed by atoms with Gasteiger partial charge in [-0.15, -0.1) is 24.8 Å². The molecule has 2 atom stereocenters. The lowest BCUT2D eigenvalue weighted by atomic mass is 9.94. The molecular weight excluding hydrogens is 321 g/mol. The maximum Gasteiger partial charge on any atom is 0.223 e. The van der Waals surface area contributed by atoms with Gasteiger partial charge in [-0.2, -0.15) is 0 Å². The fourth-order valence-electron chi connectivity index (χ4n) is 3.86. The van der Waals surface area contributed by atoms with E-state index in [0.29, 0.717) is 12.5 Å². The average molecular weight is 354 g/mol. The number of nitrogens with one attached hydrogen (secondary N) is 1. The second-order valence-electron chi connectivity index (χ2n) is 6.60. The standard InChI is InChI=1S/C16H31N3O.2ClH/c1-19(14-7-3-2-4-8-14)11-10-18-16(20)15-9-5-6-13(15)12-17;;/h13-15H,2-12,17H2,1H3,(H,18,20);2*1H/t13-,15-;;/m1../s1. The van der Waals surface area contributed by atoms with Crippen molar-refractivity contribution in [3.8, 4) is 0 Å². The van der Waals surface area contributed by atoms with Gasteiger partial charge in [0.05, 0.1) is 0 Å². The molecule has 0 saturated heterocycles. The van der Waals surface area contributed by atoms with E-state index in [-0.39, 0.29) is 36.6 Å². The minimum Gasteiger partial charge on any atom is -0.355 e. The van der Waals surface area contributed by atoms with Crippen LogP contribution < -0.4 is 11.1 Å². The van der Waals surface area contributed by atoms with Crippen LogP contribution in [-0.2, 0) is 4.79 Å². The van der Waals surface area contributed by atoms with Gasteiger partial charge in [0.2, 0.25) is 5.91 Å². The molecule has 2 aliphatic rings. The number of amides is 1. The Balaban J connectivity index is 0.00000220. The van der Waals surface area contributed by atoms with Gasteiger partial charge in [-0.1, -0.05) is 25.7 Å². The van der Waals surface area contributed by atoms with Gasteiger partial charge in [0.15, 0.2) is 0 Å². The minimum atomic E-state index is 0. The van der Waals surface area contributed by atoms with Crippen molar-refractivity contribution in [2.24, 2.45) is 17.6 Å². The average Bonchev–Trinajstić information content (AvgIpc) is 2.96. The van der Waals surface area contributed by atoms with Crippen molar-refractivity contribution in [3.05, 3.63) is 0 Å². The summed E-state index contributed by atoms with van der Waals surface area (Å²) in [6.07, 6.45) is 10.1. The molecule has 0 aromatic heterocycles. The summed E-state index contributed by atoms with van der Waals surface area (Å²) in [6, 6.07) is 0.726. The first kappa shape index (κ1) is 22.0. The number of hydrogen-bond acceptors (Lipinski definition) is 3. The Labute approximate surface area is 147 Å². The van der Waals surface area contributed by atoms with Crippen molar-refractivity contribution in [1.82, 2.24) is 10.2 Å². The van der Waals surface area contributed by atoms with Gasteiger partial charge in [-0.3, -0.25) is 4.79 Å². The zero-order chi connectivity index (χ0) is 14.4. The van der Waals surface area contributed by atoms with Crippen LogP contribution >= 0.6 is 24.8 Å². The molecule has 4 nitrogen and oxygen atoms in total. The normalized spacial score (nSPS) is 25.4. The molecule has 0 aliphatic heterocycles. The van der Waals surface area contributed by atoms with Crippen LogP contribution in [0.15, 0.2) is 0 Å². The van der Waals surface area contributed by atoms with Gasteiger partial charge < -0.3 is 16.0 Å². The highest BCUT2D eigenvalue weighted by Gasteiger charge is 2.31. The number of nitrogens with zero attached hydrogens (tertiary/aromatic N) is 1. The van der Waals surface area contributed by atoms with E-state index in [1.165, 1.54) is 32.1 Å². The lowest BCUT2D eigenvalue weighted by molar-refractivity contribution is -0.126. The van der Waals surface area contributed by atoms with E-state index in [0.717, 1.165) is 38.4 Å². The molecule has 0 spiro atoms. The SMILES string of the molecule is CN(CCNC(=O)[C@@H]1CCC[C@@H]1CN)C1CCCCC1.Cl.Cl. The first-order valence-electron chi connectivity index (χ1n) is 8.40. The fourth-order valence-corrected chi connectivity index (χ4v) is 3.86. The minimum absolute atomic E-state index is 0. The number of nitrogens with two attached hydrogens (primary N) is 1. The lowest BCUT2D eigenvalue weighted by Crippen LogP contribution is -2.42. The molecule has 0 aromatic rings. The van der Waals surface area contributed by atoms with Crippen molar-refractivity contribution in [2.45, 2.75) is 57.4 Å². The molecular formula is C16H33Cl2N3O. The van der Waals surface area contributed by atoms with Crippen molar-refractivity contribution in [3.63, 3.8) is 0 Å². The molecule has 6 heteroatoms. The van der Waals surface area contributed by atoms with E-state index in [4.69, 9.17) is 5.73 Å². The molecule has 22 heavy (non-hydrogen) atoms. The summed E-state index contributed by atoms with van der Waals surface area (Å²) in [7, 11) is 2.19. The Kier molecular flexibility index (Phi) is 11.5. The molecule has 0 heterocycles. The molecule has 0 radical (unpaired) electrons. The Morgan fingerprint density at radius 3 is 2.41 bits per heavy atom. The Morgan fingerprint density at radius 2 is 1.77 bits per heavy atom. The number of carbonyl (C=O) groups excluding carboxylic acids is 1. The monoisotopic (exact) mass is 353 g/mol. The van der Waals surface area contributed by atoms with Gasteiger partial charge in [0.25, 0.3) is 0 Å². The van der Waals surface area contributed by atoms with E-state index in [2.05, 4.69) is 17.3 Å². The molecule has 132 valence electrons. The number of rotatable bonds is 6. The quantitative estimate of drug-likeness (QED) is 0.771. The predicted octanol–water partition coefficient (Wildman–Crippen LogP) is 2.59. The van der Waals surface area contributed by atoms with E-state index in [9.17, 15) is 4.79 Å². The van der Waals surface area contributed by atoms with Crippen LogP contribution in [-0.4, -0.2) is 43.5 Å². The summed E-state index contributed by atoms with van der Waals surface area (Å²) in [5.74, 6) is 0.807. The second-order valence-corrected chi connectivity index (χ2v) is 6.60. The summed E-state index contributed by atoms with van der Waals surface area (Å²) in [4.78, 5) is 14.6. The molecule has 2 fully saturated rings. The van der Waals surface area contributed by atoms with Gasteiger partial charge in [0.1, 0.15) is 0 Å². The largest absolute Gasteiger partial charge is 0.355 e. The second kappa shape index (κ2) is 11.5. The van der Waals surface area contributed by atoms with E-state index in [1.54, 1.807) is 0 Å². The molecule has 2 rings (SSSR count). The van der Waals surface area contributed by atoms with Gasteiger partial charge >= 0.3 is 0 Å². The van der Waals surface area contributed by atoms with Crippen LogP contribution in [0.5, 0.6) is 0 Å². The summed E-state index contributed by atoms with van der Waals surface area (Å²) in [6.45, 7) is 2.40. The van der Waals surface area contributed by atoms with Crippen molar-refractivity contribution < 1.29 is 4.79 Å². The van der Waals surface area contributed by atoms with Crippen LogP contribution in [0.2, 0.25) is 0 Å². The highest BCUT2D eigenvalue weighted by Crippen LogP contribution is 2.30. The molecule has 2 saturated carbocycles. The Bertz CT molecular complexity index is 312.